The molecule has 8 heteroatoms. The third-order valence-electron chi connectivity index (χ3n) is 3.17. The highest BCUT2D eigenvalue weighted by Crippen LogP contribution is 2.31. The van der Waals surface area contributed by atoms with Gasteiger partial charge in [0.05, 0.1) is 6.54 Å². The minimum atomic E-state index is -1.08. The van der Waals surface area contributed by atoms with Crippen molar-refractivity contribution in [3.05, 3.63) is 44.9 Å². The maximum absolute atomic E-state index is 12.1. The van der Waals surface area contributed by atoms with E-state index in [4.69, 9.17) is 21.4 Å². The summed E-state index contributed by atoms with van der Waals surface area (Å²) in [4.78, 5) is 26.8. The molecule has 22 heavy (non-hydrogen) atoms. The Hall–Kier alpha value is -2.12. The van der Waals surface area contributed by atoms with Crippen LogP contribution in [-0.2, 0) is 17.8 Å². The van der Waals surface area contributed by atoms with E-state index in [2.05, 4.69) is 10.3 Å². The van der Waals surface area contributed by atoms with Crippen LogP contribution in [0, 0.1) is 0 Å². The highest BCUT2D eigenvalue weighted by Gasteiger charge is 2.29. The number of carbonyl (C=O) groups excluding carboxylic acids is 1. The molecule has 0 unspecified atom stereocenters. The number of fused-ring (bicyclic) bond motifs is 1. The van der Waals surface area contributed by atoms with E-state index >= 15 is 0 Å². The topological polar surface area (TPSA) is 88.5 Å². The second-order valence-corrected chi connectivity index (χ2v) is 6.09. The van der Waals surface area contributed by atoms with Crippen LogP contribution in [0.15, 0.2) is 23.6 Å². The van der Waals surface area contributed by atoms with Gasteiger partial charge in [0.15, 0.2) is 11.8 Å². The quantitative estimate of drug-likeness (QED) is 0.891. The lowest BCUT2D eigenvalue weighted by Gasteiger charge is -2.10. The normalized spacial score (nSPS) is 16.0. The van der Waals surface area contributed by atoms with Crippen molar-refractivity contribution in [1.29, 1.82) is 0 Å². The van der Waals surface area contributed by atoms with Gasteiger partial charge in [-0.3, -0.25) is 4.79 Å². The monoisotopic (exact) mass is 338 g/mol. The number of nitrogens with zero attached hydrogens (tertiary/aromatic N) is 1. The molecule has 2 aromatic rings. The first-order valence-electron chi connectivity index (χ1n) is 6.43. The molecule has 1 atom stereocenters. The summed E-state index contributed by atoms with van der Waals surface area (Å²) in [5.74, 6) is -0.688. The van der Waals surface area contributed by atoms with Gasteiger partial charge < -0.3 is 15.2 Å². The zero-order valence-electron chi connectivity index (χ0n) is 11.2. The first-order valence-corrected chi connectivity index (χ1v) is 7.69. The zero-order valence-corrected chi connectivity index (χ0v) is 12.8. The summed E-state index contributed by atoms with van der Waals surface area (Å²) in [5.41, 5.74) is 0.878. The molecule has 0 saturated heterocycles. The van der Waals surface area contributed by atoms with Crippen LogP contribution in [0.2, 0.25) is 5.02 Å². The molecule has 0 saturated carbocycles. The number of hydrogen-bond acceptors (Lipinski definition) is 5. The minimum absolute atomic E-state index is 0.0200. The van der Waals surface area contributed by atoms with Crippen LogP contribution >= 0.6 is 22.9 Å². The maximum atomic E-state index is 12.1. The highest BCUT2D eigenvalue weighted by molar-refractivity contribution is 7.09. The Labute approximate surface area is 134 Å². The Bertz CT molecular complexity index is 746. The lowest BCUT2D eigenvalue weighted by molar-refractivity contribution is -0.127. The lowest BCUT2D eigenvalue weighted by atomic mass is 10.1. The molecular formula is C14H11ClN2O4S. The summed E-state index contributed by atoms with van der Waals surface area (Å²) in [5, 5.41) is 14.1. The maximum Gasteiger partial charge on any atom is 0.355 e. The predicted octanol–water partition coefficient (Wildman–Crippen LogP) is 2.11. The number of carboxylic acids is 1. The first-order chi connectivity index (χ1) is 10.5. The molecule has 1 aliphatic rings. The number of nitrogens with one attached hydrogen (secondary N) is 1. The van der Waals surface area contributed by atoms with Gasteiger partial charge in [0.1, 0.15) is 10.8 Å². The molecule has 0 radical (unpaired) electrons. The van der Waals surface area contributed by atoms with E-state index in [1.807, 2.05) is 0 Å². The number of carbonyl (C=O) groups is 2. The molecule has 0 spiro atoms. The van der Waals surface area contributed by atoms with Crippen molar-refractivity contribution in [3.63, 3.8) is 0 Å². The molecule has 2 N–H and O–H groups in total. The largest absolute Gasteiger partial charge is 0.480 e. The van der Waals surface area contributed by atoms with Crippen LogP contribution < -0.4 is 10.1 Å². The van der Waals surface area contributed by atoms with Gasteiger partial charge in [-0.2, -0.15) is 0 Å². The Balaban J connectivity index is 1.58. The van der Waals surface area contributed by atoms with Crippen LogP contribution in [0.1, 0.15) is 21.1 Å². The van der Waals surface area contributed by atoms with E-state index in [-0.39, 0.29) is 18.1 Å². The van der Waals surface area contributed by atoms with Gasteiger partial charge in [-0.15, -0.1) is 11.3 Å². The van der Waals surface area contributed by atoms with Crippen LogP contribution in [0.4, 0.5) is 0 Å². The number of halogens is 1. The molecule has 6 nitrogen and oxygen atoms in total. The minimum Gasteiger partial charge on any atom is -0.480 e. The molecule has 0 fully saturated rings. The van der Waals surface area contributed by atoms with E-state index in [1.165, 1.54) is 16.7 Å². The smallest absolute Gasteiger partial charge is 0.355 e. The SMILES string of the molecule is O=C(O)c1csc(CNC(=O)[C@@H]2Cc3cc(Cl)ccc3O2)n1. The molecule has 1 aromatic carbocycles. The summed E-state index contributed by atoms with van der Waals surface area (Å²) in [6, 6.07) is 5.23. The summed E-state index contributed by atoms with van der Waals surface area (Å²) in [6.07, 6.45) is -0.146. The van der Waals surface area contributed by atoms with Crippen molar-refractivity contribution >= 4 is 34.8 Å². The fourth-order valence-electron chi connectivity index (χ4n) is 2.13. The van der Waals surface area contributed by atoms with Gasteiger partial charge in [-0.1, -0.05) is 11.6 Å². The van der Waals surface area contributed by atoms with Crippen molar-refractivity contribution in [2.24, 2.45) is 0 Å². The highest BCUT2D eigenvalue weighted by atomic mass is 35.5. The Morgan fingerprint density at radius 3 is 3.05 bits per heavy atom. The number of aromatic carboxylic acids is 1. The van der Waals surface area contributed by atoms with Gasteiger partial charge >= 0.3 is 5.97 Å². The number of rotatable bonds is 4. The second kappa shape index (κ2) is 5.94. The van der Waals surface area contributed by atoms with Gasteiger partial charge in [0, 0.05) is 16.8 Å². The summed E-state index contributed by atoms with van der Waals surface area (Å²) < 4.78 is 5.57. The predicted molar refractivity (Wildman–Crippen MR) is 80.5 cm³/mol. The molecule has 1 aliphatic heterocycles. The number of carboxylic acid groups (broad SMARTS) is 1. The average molecular weight is 339 g/mol. The van der Waals surface area contributed by atoms with E-state index in [0.29, 0.717) is 22.2 Å². The number of amides is 1. The van der Waals surface area contributed by atoms with Crippen molar-refractivity contribution < 1.29 is 19.4 Å². The van der Waals surface area contributed by atoms with Crippen molar-refractivity contribution in [2.75, 3.05) is 0 Å². The van der Waals surface area contributed by atoms with Crippen LogP contribution in [-0.4, -0.2) is 28.1 Å². The molecule has 2 heterocycles. The van der Waals surface area contributed by atoms with E-state index in [1.54, 1.807) is 18.2 Å². The summed E-state index contributed by atoms with van der Waals surface area (Å²) in [7, 11) is 0. The van der Waals surface area contributed by atoms with Gasteiger partial charge in [-0.05, 0) is 23.8 Å². The van der Waals surface area contributed by atoms with Crippen LogP contribution in [0.25, 0.3) is 0 Å². The first kappa shape index (κ1) is 14.8. The number of aromatic nitrogens is 1. The molecular weight excluding hydrogens is 328 g/mol. The van der Waals surface area contributed by atoms with E-state index < -0.39 is 12.1 Å². The number of benzene rings is 1. The Morgan fingerprint density at radius 2 is 2.32 bits per heavy atom. The average Bonchev–Trinajstić information content (AvgIpc) is 3.10. The zero-order chi connectivity index (χ0) is 15.7. The van der Waals surface area contributed by atoms with Gasteiger partial charge in [0.25, 0.3) is 5.91 Å². The van der Waals surface area contributed by atoms with Gasteiger partial charge in [0.2, 0.25) is 0 Å². The third kappa shape index (κ3) is 3.05. The van der Waals surface area contributed by atoms with E-state index in [0.717, 1.165) is 5.56 Å². The van der Waals surface area contributed by atoms with E-state index in [9.17, 15) is 9.59 Å². The third-order valence-corrected chi connectivity index (χ3v) is 4.26. The van der Waals surface area contributed by atoms with Crippen LogP contribution in [0.5, 0.6) is 5.75 Å². The standard InChI is InChI=1S/C14H11ClN2O4S/c15-8-1-2-10-7(3-8)4-11(21-10)13(18)16-5-12-17-9(6-22-12)14(19)20/h1-3,6,11H,4-5H2,(H,16,18)(H,19,20)/t11-/m0/s1. The number of ether oxygens (including phenoxy) is 1. The molecule has 1 amide bonds. The lowest BCUT2D eigenvalue weighted by Crippen LogP contribution is -2.37. The molecule has 0 aliphatic carbocycles. The summed E-state index contributed by atoms with van der Waals surface area (Å²) in [6.45, 7) is 0.174. The van der Waals surface area contributed by atoms with Gasteiger partial charge in [-0.25, -0.2) is 9.78 Å². The molecule has 3 rings (SSSR count). The second-order valence-electron chi connectivity index (χ2n) is 4.71. The van der Waals surface area contributed by atoms with Crippen molar-refractivity contribution in [3.8, 4) is 5.75 Å². The Morgan fingerprint density at radius 1 is 1.50 bits per heavy atom. The fourth-order valence-corrected chi connectivity index (χ4v) is 3.03. The fraction of sp³-hybridized carbons (Fsp3) is 0.214. The number of thiazole rings is 1. The van der Waals surface area contributed by atoms with Crippen LogP contribution in [0.3, 0.4) is 0 Å². The molecule has 1 aromatic heterocycles. The molecule has 114 valence electrons. The number of hydrogen-bond donors (Lipinski definition) is 2. The van der Waals surface area contributed by atoms with Crippen molar-refractivity contribution in [1.82, 2.24) is 10.3 Å². The van der Waals surface area contributed by atoms with Crippen molar-refractivity contribution in [2.45, 2.75) is 19.1 Å². The Kier molecular flexibility index (Phi) is 4.00. The molecule has 0 bridgehead atoms. The summed E-state index contributed by atoms with van der Waals surface area (Å²) >= 11 is 7.10.